The van der Waals surface area contributed by atoms with Crippen LogP contribution in [0.2, 0.25) is 0 Å². The molecular formula is C35H51N3O6S. The molecule has 3 amide bonds. The van der Waals surface area contributed by atoms with Crippen LogP contribution in [0, 0.1) is 0 Å². The number of carbonyl (C=O) groups excluding carboxylic acids is 4. The monoisotopic (exact) mass is 641 g/mol. The molecule has 2 aromatic rings. The summed E-state index contributed by atoms with van der Waals surface area (Å²) in [5, 5.41) is 5.65. The number of aryl methyl sites for hydroxylation is 1. The molecule has 10 heteroatoms. The highest BCUT2D eigenvalue weighted by Gasteiger charge is 2.37. The Balaban J connectivity index is 2.53. The lowest BCUT2D eigenvalue weighted by molar-refractivity contribution is -0.159. The molecule has 45 heavy (non-hydrogen) atoms. The van der Waals surface area contributed by atoms with Crippen LogP contribution in [0.15, 0.2) is 54.6 Å². The number of benzene rings is 2. The molecule has 0 spiro atoms. The van der Waals surface area contributed by atoms with E-state index in [1.165, 1.54) is 4.90 Å². The lowest BCUT2D eigenvalue weighted by Crippen LogP contribution is -2.55. The van der Waals surface area contributed by atoms with E-state index in [0.29, 0.717) is 17.7 Å². The van der Waals surface area contributed by atoms with Crippen LogP contribution >= 0.6 is 11.8 Å². The minimum Gasteiger partial charge on any atom is -0.458 e. The predicted octanol–water partition coefficient (Wildman–Crippen LogP) is 5.85. The minimum atomic E-state index is -1.08. The van der Waals surface area contributed by atoms with Gasteiger partial charge in [0.15, 0.2) is 0 Å². The van der Waals surface area contributed by atoms with Gasteiger partial charge in [0.05, 0.1) is 0 Å². The largest absolute Gasteiger partial charge is 0.458 e. The van der Waals surface area contributed by atoms with Gasteiger partial charge in [-0.2, -0.15) is 11.8 Å². The fraction of sp³-hybridized carbons (Fsp3) is 0.543. The number of hydrogen-bond donors (Lipinski definition) is 2. The summed E-state index contributed by atoms with van der Waals surface area (Å²) < 4.78 is 11.1. The standard InChI is InChI=1S/C35H51N3O6S/c1-10-24-17-19-26(20-18-24)29(38(11-2)31(40)27(21-22-45-9)37-33(42)44-35(6,7)8)30(39)36-28(32(41)43-34(3,4)5)23-25-15-13-12-14-16-25/h12-20,27-29H,10-11,21-23H2,1-9H3,(H,36,39)(H,37,42). The average Bonchev–Trinajstić information content (AvgIpc) is 2.96. The van der Waals surface area contributed by atoms with Gasteiger partial charge < -0.3 is 25.0 Å². The second kappa shape index (κ2) is 17.2. The maximum Gasteiger partial charge on any atom is 0.408 e. The van der Waals surface area contributed by atoms with Gasteiger partial charge in [-0.25, -0.2) is 9.59 Å². The summed E-state index contributed by atoms with van der Waals surface area (Å²) >= 11 is 1.55. The zero-order valence-electron chi connectivity index (χ0n) is 28.3. The highest BCUT2D eigenvalue weighted by Crippen LogP contribution is 2.25. The van der Waals surface area contributed by atoms with Crippen molar-refractivity contribution in [1.82, 2.24) is 15.5 Å². The van der Waals surface area contributed by atoms with Crippen molar-refractivity contribution in [1.29, 1.82) is 0 Å². The summed E-state index contributed by atoms with van der Waals surface area (Å²) in [5.74, 6) is -0.918. The molecule has 0 saturated carbocycles. The number of nitrogens with zero attached hydrogens (tertiary/aromatic N) is 1. The molecule has 0 aliphatic rings. The normalized spacial score (nSPS) is 13.6. The molecule has 0 fully saturated rings. The number of likely N-dealkylation sites (N-methyl/N-ethyl adjacent to an activating group) is 1. The SMILES string of the molecule is CCc1ccc(C(C(=O)NC(Cc2ccccc2)C(=O)OC(C)(C)C)N(CC)C(=O)C(CCSC)NC(=O)OC(C)(C)C)cc1. The molecule has 2 N–H and O–H groups in total. The van der Waals surface area contributed by atoms with E-state index in [1.54, 1.807) is 60.2 Å². The first kappa shape index (κ1) is 37.7. The van der Waals surface area contributed by atoms with Gasteiger partial charge in [-0.3, -0.25) is 9.59 Å². The highest BCUT2D eigenvalue weighted by atomic mass is 32.2. The fourth-order valence-electron chi connectivity index (χ4n) is 4.68. The number of rotatable bonds is 14. The molecule has 248 valence electrons. The van der Waals surface area contributed by atoms with E-state index in [1.807, 2.05) is 67.8 Å². The summed E-state index contributed by atoms with van der Waals surface area (Å²) in [6, 6.07) is 13.9. The number of esters is 1. The van der Waals surface area contributed by atoms with Gasteiger partial charge in [0.25, 0.3) is 0 Å². The molecule has 0 aromatic heterocycles. The van der Waals surface area contributed by atoms with Gasteiger partial charge in [0, 0.05) is 13.0 Å². The van der Waals surface area contributed by atoms with Crippen LogP contribution in [0.5, 0.6) is 0 Å². The van der Waals surface area contributed by atoms with Crippen LogP contribution in [0.1, 0.15) is 84.5 Å². The topological polar surface area (TPSA) is 114 Å². The summed E-state index contributed by atoms with van der Waals surface area (Å²) in [7, 11) is 0. The molecule has 3 atom stereocenters. The third kappa shape index (κ3) is 12.8. The Kier molecular flexibility index (Phi) is 14.4. The molecule has 9 nitrogen and oxygen atoms in total. The van der Waals surface area contributed by atoms with E-state index < -0.39 is 53.2 Å². The molecule has 0 aliphatic heterocycles. The Hall–Kier alpha value is -3.53. The molecular weight excluding hydrogens is 590 g/mol. The lowest BCUT2D eigenvalue weighted by Gasteiger charge is -2.34. The molecule has 2 rings (SSSR count). The minimum absolute atomic E-state index is 0.175. The Morgan fingerprint density at radius 1 is 0.800 bits per heavy atom. The summed E-state index contributed by atoms with van der Waals surface area (Å²) in [6.45, 7) is 14.6. The quantitative estimate of drug-likeness (QED) is 0.249. The molecule has 0 radical (unpaired) electrons. The molecule has 0 heterocycles. The van der Waals surface area contributed by atoms with Crippen LogP contribution < -0.4 is 10.6 Å². The van der Waals surface area contributed by atoms with Crippen molar-refractivity contribution in [3.63, 3.8) is 0 Å². The van der Waals surface area contributed by atoms with E-state index in [0.717, 1.165) is 17.5 Å². The zero-order valence-corrected chi connectivity index (χ0v) is 29.1. The van der Waals surface area contributed by atoms with Crippen molar-refractivity contribution >= 4 is 35.6 Å². The molecule has 0 aliphatic carbocycles. The van der Waals surface area contributed by atoms with Gasteiger partial charge in [0.1, 0.15) is 29.3 Å². The third-order valence-electron chi connectivity index (χ3n) is 6.78. The molecule has 0 bridgehead atoms. The van der Waals surface area contributed by atoms with Gasteiger partial charge in [-0.05, 0) is 90.0 Å². The summed E-state index contributed by atoms with van der Waals surface area (Å²) in [6.07, 6.45) is 2.57. The van der Waals surface area contributed by atoms with E-state index in [2.05, 4.69) is 10.6 Å². The Morgan fingerprint density at radius 3 is 1.91 bits per heavy atom. The molecule has 0 saturated heterocycles. The first-order valence-corrected chi connectivity index (χ1v) is 16.9. The van der Waals surface area contributed by atoms with Crippen LogP contribution in [-0.2, 0) is 36.7 Å². The second-order valence-electron chi connectivity index (χ2n) is 12.9. The van der Waals surface area contributed by atoms with E-state index in [9.17, 15) is 19.2 Å². The number of hydrogen-bond acceptors (Lipinski definition) is 7. The van der Waals surface area contributed by atoms with Gasteiger partial charge in [0.2, 0.25) is 11.8 Å². The molecule has 2 aromatic carbocycles. The summed E-state index contributed by atoms with van der Waals surface area (Å²) in [5.41, 5.74) is 0.992. The van der Waals surface area contributed by atoms with Crippen molar-refractivity contribution in [3.8, 4) is 0 Å². The second-order valence-corrected chi connectivity index (χ2v) is 13.9. The maximum absolute atomic E-state index is 14.3. The number of thioether (sulfide) groups is 1. The lowest BCUT2D eigenvalue weighted by atomic mass is 9.99. The van der Waals surface area contributed by atoms with Crippen LogP contribution in [-0.4, -0.2) is 70.6 Å². The Labute approximate surface area is 273 Å². The highest BCUT2D eigenvalue weighted by molar-refractivity contribution is 7.98. The van der Waals surface area contributed by atoms with Crippen molar-refractivity contribution in [2.75, 3.05) is 18.6 Å². The Morgan fingerprint density at radius 2 is 1.40 bits per heavy atom. The smallest absolute Gasteiger partial charge is 0.408 e. The van der Waals surface area contributed by atoms with Crippen molar-refractivity contribution in [2.24, 2.45) is 0 Å². The first-order valence-electron chi connectivity index (χ1n) is 15.5. The maximum atomic E-state index is 14.3. The average molecular weight is 642 g/mol. The number of alkyl carbamates (subject to hydrolysis) is 1. The van der Waals surface area contributed by atoms with Crippen LogP contribution in [0.25, 0.3) is 0 Å². The predicted molar refractivity (Wildman–Crippen MR) is 180 cm³/mol. The van der Waals surface area contributed by atoms with Crippen LogP contribution in [0.4, 0.5) is 4.79 Å². The van der Waals surface area contributed by atoms with Crippen molar-refractivity contribution in [3.05, 3.63) is 71.3 Å². The van der Waals surface area contributed by atoms with E-state index in [4.69, 9.17) is 9.47 Å². The van der Waals surface area contributed by atoms with E-state index >= 15 is 0 Å². The molecule has 3 unspecified atom stereocenters. The Bertz CT molecular complexity index is 1250. The zero-order chi connectivity index (χ0) is 33.8. The summed E-state index contributed by atoms with van der Waals surface area (Å²) in [4.78, 5) is 56.1. The van der Waals surface area contributed by atoms with Crippen molar-refractivity contribution < 1.29 is 28.7 Å². The van der Waals surface area contributed by atoms with Gasteiger partial charge in [-0.15, -0.1) is 0 Å². The number of ether oxygens (including phenoxy) is 2. The number of nitrogens with one attached hydrogen (secondary N) is 2. The van der Waals surface area contributed by atoms with E-state index in [-0.39, 0.29) is 13.0 Å². The van der Waals surface area contributed by atoms with Crippen molar-refractivity contribution in [2.45, 2.75) is 104 Å². The first-order chi connectivity index (χ1) is 21.1. The number of carbonyl (C=O) groups is 4. The van der Waals surface area contributed by atoms with Crippen LogP contribution in [0.3, 0.4) is 0 Å². The number of amides is 3. The van der Waals surface area contributed by atoms with Gasteiger partial charge in [-0.1, -0.05) is 61.5 Å². The fourth-order valence-corrected chi connectivity index (χ4v) is 5.16. The third-order valence-corrected chi connectivity index (χ3v) is 7.42. The van der Waals surface area contributed by atoms with Gasteiger partial charge >= 0.3 is 12.1 Å².